The summed E-state index contributed by atoms with van der Waals surface area (Å²) in [5, 5.41) is 8.68. The largest absolute Gasteiger partial charge is 0.320 e. The van der Waals surface area contributed by atoms with Crippen LogP contribution in [-0.4, -0.2) is 21.3 Å². The smallest absolute Gasteiger partial charge is 0.262 e. The van der Waals surface area contributed by atoms with Crippen LogP contribution in [0.4, 0.5) is 0 Å². The lowest BCUT2D eigenvalue weighted by Gasteiger charge is -2.06. The molecule has 0 aliphatic carbocycles. The van der Waals surface area contributed by atoms with Gasteiger partial charge in [-0.05, 0) is 25.1 Å². The molecule has 3 rings (SSSR count). The van der Waals surface area contributed by atoms with Crippen LogP contribution in [0.25, 0.3) is 21.8 Å². The van der Waals surface area contributed by atoms with Gasteiger partial charge in [0.1, 0.15) is 5.52 Å². The summed E-state index contributed by atoms with van der Waals surface area (Å²) in [5.41, 5.74) is 8.52. The lowest BCUT2D eigenvalue weighted by molar-refractivity contribution is 0.917. The van der Waals surface area contributed by atoms with Gasteiger partial charge in [-0.3, -0.25) is 9.89 Å². The van der Waals surface area contributed by atoms with E-state index in [9.17, 15) is 4.79 Å². The number of hydrogen-bond donors (Lipinski definition) is 2. The Morgan fingerprint density at radius 1 is 1.45 bits per heavy atom. The van der Waals surface area contributed by atoms with E-state index in [4.69, 9.17) is 5.73 Å². The summed E-state index contributed by atoms with van der Waals surface area (Å²) in [7, 11) is 1.77. The van der Waals surface area contributed by atoms with Crippen molar-refractivity contribution in [3.05, 3.63) is 39.8 Å². The first kappa shape index (κ1) is 12.5. The van der Waals surface area contributed by atoms with Crippen molar-refractivity contribution in [2.24, 2.45) is 12.8 Å². The number of hydrogen-bond acceptors (Lipinski definition) is 3. The quantitative estimate of drug-likeness (QED) is 0.597. The Bertz CT molecular complexity index is 938. The van der Waals surface area contributed by atoms with Crippen LogP contribution < -0.4 is 11.3 Å². The van der Waals surface area contributed by atoms with E-state index < -0.39 is 0 Å². The molecule has 0 radical (unpaired) electrons. The monoisotopic (exact) mass is 266 g/mol. The number of nitrogens with zero attached hydrogens (tertiary/aromatic N) is 2. The van der Waals surface area contributed by atoms with E-state index in [1.807, 2.05) is 25.1 Å². The summed E-state index contributed by atoms with van der Waals surface area (Å²) in [6.45, 7) is 2.17. The topological polar surface area (TPSA) is 76.7 Å². The average molecular weight is 266 g/mol. The van der Waals surface area contributed by atoms with Crippen LogP contribution in [0.1, 0.15) is 11.3 Å². The van der Waals surface area contributed by atoms with Crippen LogP contribution >= 0.6 is 0 Å². The maximum Gasteiger partial charge on any atom is 0.262 e. The van der Waals surface area contributed by atoms with Crippen molar-refractivity contribution in [2.45, 2.75) is 6.92 Å². The number of H-pyrrole nitrogens is 1. The molecule has 100 valence electrons. The molecule has 0 saturated heterocycles. The third-order valence-corrected chi connectivity index (χ3v) is 3.41. The molecule has 1 aromatic carbocycles. The molecule has 0 aliphatic heterocycles. The highest BCUT2D eigenvalue weighted by Gasteiger charge is 2.13. The number of pyridine rings is 1. The normalized spacial score (nSPS) is 10.8. The molecule has 0 amide bonds. The second kappa shape index (κ2) is 4.51. The SMILES string of the molecule is Cc1[nH]nc2c1c(=O)n(C)c1ccc(C#CCN)cc21. The predicted octanol–water partition coefficient (Wildman–Crippen LogP) is 1.03. The van der Waals surface area contributed by atoms with E-state index in [1.165, 1.54) is 0 Å². The number of nitrogens with two attached hydrogens (primary N) is 1. The van der Waals surface area contributed by atoms with Gasteiger partial charge in [0.25, 0.3) is 5.56 Å². The molecule has 0 atom stereocenters. The Balaban J connectivity index is 2.48. The summed E-state index contributed by atoms with van der Waals surface area (Å²) < 4.78 is 1.64. The molecule has 3 N–H and O–H groups in total. The predicted molar refractivity (Wildman–Crippen MR) is 79.5 cm³/mol. The molecule has 0 fully saturated rings. The zero-order valence-corrected chi connectivity index (χ0v) is 11.3. The number of nitrogens with one attached hydrogen (secondary N) is 1. The Hall–Kier alpha value is -2.58. The molecule has 3 aromatic rings. The third kappa shape index (κ3) is 1.70. The lowest BCUT2D eigenvalue weighted by Crippen LogP contribution is -2.17. The van der Waals surface area contributed by atoms with Crippen LogP contribution in [0, 0.1) is 18.8 Å². The van der Waals surface area contributed by atoms with E-state index in [2.05, 4.69) is 22.0 Å². The highest BCUT2D eigenvalue weighted by molar-refractivity contribution is 6.04. The second-order valence-electron chi connectivity index (χ2n) is 4.67. The van der Waals surface area contributed by atoms with Crippen molar-refractivity contribution in [1.82, 2.24) is 14.8 Å². The molecule has 0 spiro atoms. The van der Waals surface area contributed by atoms with Crippen molar-refractivity contribution in [1.29, 1.82) is 0 Å². The van der Waals surface area contributed by atoms with E-state index in [0.29, 0.717) is 17.4 Å². The third-order valence-electron chi connectivity index (χ3n) is 3.41. The summed E-state index contributed by atoms with van der Waals surface area (Å²) in [6, 6.07) is 5.72. The Morgan fingerprint density at radius 2 is 2.25 bits per heavy atom. The van der Waals surface area contributed by atoms with Gasteiger partial charge in [-0.2, -0.15) is 5.10 Å². The zero-order valence-electron chi connectivity index (χ0n) is 11.3. The Kier molecular flexibility index (Phi) is 2.81. The maximum absolute atomic E-state index is 12.3. The highest BCUT2D eigenvalue weighted by atomic mass is 16.1. The Morgan fingerprint density at radius 3 is 3.00 bits per heavy atom. The number of aromatic nitrogens is 3. The Labute approximate surface area is 115 Å². The lowest BCUT2D eigenvalue weighted by atomic mass is 10.1. The van der Waals surface area contributed by atoms with E-state index in [0.717, 1.165) is 22.2 Å². The second-order valence-corrected chi connectivity index (χ2v) is 4.67. The zero-order chi connectivity index (χ0) is 14.3. The minimum atomic E-state index is -0.0421. The van der Waals surface area contributed by atoms with Gasteiger partial charge in [0.15, 0.2) is 0 Å². The van der Waals surface area contributed by atoms with Crippen LogP contribution in [0.5, 0.6) is 0 Å². The van der Waals surface area contributed by atoms with Gasteiger partial charge in [0, 0.05) is 23.7 Å². The fourth-order valence-electron chi connectivity index (χ4n) is 2.41. The number of aryl methyl sites for hydroxylation is 2. The first-order valence-electron chi connectivity index (χ1n) is 6.30. The minimum absolute atomic E-state index is 0.0421. The molecular formula is C15H14N4O. The fourth-order valence-corrected chi connectivity index (χ4v) is 2.41. The molecule has 20 heavy (non-hydrogen) atoms. The number of benzene rings is 1. The molecule has 0 bridgehead atoms. The first-order chi connectivity index (χ1) is 9.63. The number of aromatic amines is 1. The molecular weight excluding hydrogens is 252 g/mol. The standard InChI is InChI=1S/C15H14N4O/c1-9-13-14(18-17-9)11-8-10(4-3-7-16)5-6-12(11)19(2)15(13)20/h5-6,8H,7,16H2,1-2H3,(H,17,18). The highest BCUT2D eigenvalue weighted by Crippen LogP contribution is 2.23. The summed E-state index contributed by atoms with van der Waals surface area (Å²) in [4.78, 5) is 12.3. The van der Waals surface area contributed by atoms with Gasteiger partial charge >= 0.3 is 0 Å². The van der Waals surface area contributed by atoms with Crippen LogP contribution in [0.15, 0.2) is 23.0 Å². The first-order valence-corrected chi connectivity index (χ1v) is 6.30. The number of rotatable bonds is 0. The molecule has 2 aromatic heterocycles. The summed E-state index contributed by atoms with van der Waals surface area (Å²) >= 11 is 0. The summed E-state index contributed by atoms with van der Waals surface area (Å²) in [6.07, 6.45) is 0. The van der Waals surface area contributed by atoms with Gasteiger partial charge in [0.05, 0.1) is 17.4 Å². The van der Waals surface area contributed by atoms with Crippen molar-refractivity contribution in [3.63, 3.8) is 0 Å². The molecule has 5 heteroatoms. The van der Waals surface area contributed by atoms with Gasteiger partial charge in [-0.15, -0.1) is 0 Å². The van der Waals surface area contributed by atoms with Gasteiger partial charge in [0.2, 0.25) is 0 Å². The maximum atomic E-state index is 12.3. The van der Waals surface area contributed by atoms with Gasteiger partial charge in [-0.1, -0.05) is 11.8 Å². The van der Waals surface area contributed by atoms with Crippen molar-refractivity contribution < 1.29 is 0 Å². The van der Waals surface area contributed by atoms with Crippen molar-refractivity contribution >= 4 is 21.8 Å². The fraction of sp³-hybridized carbons (Fsp3) is 0.200. The van der Waals surface area contributed by atoms with Crippen molar-refractivity contribution in [3.8, 4) is 11.8 Å². The van der Waals surface area contributed by atoms with E-state index in [-0.39, 0.29) is 5.56 Å². The van der Waals surface area contributed by atoms with E-state index in [1.54, 1.807) is 11.6 Å². The average Bonchev–Trinajstić information content (AvgIpc) is 2.84. The van der Waals surface area contributed by atoms with Gasteiger partial charge in [-0.25, -0.2) is 0 Å². The van der Waals surface area contributed by atoms with Crippen LogP contribution in [0.3, 0.4) is 0 Å². The van der Waals surface area contributed by atoms with E-state index >= 15 is 0 Å². The van der Waals surface area contributed by atoms with Crippen molar-refractivity contribution in [2.75, 3.05) is 6.54 Å². The molecule has 0 aliphatic rings. The molecule has 0 saturated carbocycles. The van der Waals surface area contributed by atoms with Gasteiger partial charge < -0.3 is 10.3 Å². The van der Waals surface area contributed by atoms with Crippen LogP contribution in [0.2, 0.25) is 0 Å². The summed E-state index contributed by atoms with van der Waals surface area (Å²) in [5.74, 6) is 5.83. The minimum Gasteiger partial charge on any atom is -0.320 e. The molecule has 0 unspecified atom stereocenters. The molecule has 2 heterocycles. The number of fused-ring (bicyclic) bond motifs is 3. The van der Waals surface area contributed by atoms with Crippen LogP contribution in [-0.2, 0) is 7.05 Å². The molecule has 5 nitrogen and oxygen atoms in total.